The maximum atomic E-state index is 12.7. The summed E-state index contributed by atoms with van der Waals surface area (Å²) in [6.07, 6.45) is 1.04. The Morgan fingerprint density at radius 3 is 2.56 bits per heavy atom. The van der Waals surface area contributed by atoms with Gasteiger partial charge in [0.2, 0.25) is 15.9 Å². The monoisotopic (exact) mass is 272 g/mol. The molecule has 0 spiro atoms. The molecule has 0 aliphatic carbocycles. The Kier molecular flexibility index (Phi) is 3.63. The normalized spacial score (nSPS) is 19.8. The van der Waals surface area contributed by atoms with Gasteiger partial charge in [0.05, 0.1) is 4.90 Å². The highest BCUT2D eigenvalue weighted by Crippen LogP contribution is 2.11. The summed E-state index contributed by atoms with van der Waals surface area (Å²) in [6.45, 7) is 0.144. The molecule has 1 amide bonds. The number of carbonyl (C=O) groups is 1. The standard InChI is InChI=1S/C11H13FN2O3S/c12-8-1-4-10(5-2-8)18(16,17)13-7-9-3-6-11(15)14-9/h1-2,4-5,9,13H,3,6-7H2,(H,14,15). The molecule has 5 nitrogen and oxygen atoms in total. The lowest BCUT2D eigenvalue weighted by atomic mass is 10.2. The number of rotatable bonds is 4. The Morgan fingerprint density at radius 1 is 1.33 bits per heavy atom. The van der Waals surface area contributed by atoms with Crippen LogP contribution in [0, 0.1) is 5.82 Å². The Labute approximate surface area is 104 Å². The molecule has 2 rings (SSSR count). The minimum atomic E-state index is -3.65. The predicted molar refractivity (Wildman–Crippen MR) is 62.8 cm³/mol. The van der Waals surface area contributed by atoms with E-state index in [2.05, 4.69) is 10.0 Å². The molecule has 7 heteroatoms. The number of halogens is 1. The molecular weight excluding hydrogens is 259 g/mol. The summed E-state index contributed by atoms with van der Waals surface area (Å²) >= 11 is 0. The van der Waals surface area contributed by atoms with Gasteiger partial charge in [0, 0.05) is 19.0 Å². The molecule has 0 bridgehead atoms. The molecule has 1 aromatic carbocycles. The predicted octanol–water partition coefficient (Wildman–Crippen LogP) is 0.383. The molecule has 98 valence electrons. The molecule has 1 unspecified atom stereocenters. The zero-order valence-electron chi connectivity index (χ0n) is 9.52. The summed E-state index contributed by atoms with van der Waals surface area (Å²) in [5.74, 6) is -0.557. The number of nitrogens with one attached hydrogen (secondary N) is 2. The molecule has 1 heterocycles. The van der Waals surface area contributed by atoms with Crippen molar-refractivity contribution in [2.45, 2.75) is 23.8 Å². The quantitative estimate of drug-likeness (QED) is 0.832. The summed E-state index contributed by atoms with van der Waals surface area (Å²) in [7, 11) is -3.65. The summed E-state index contributed by atoms with van der Waals surface area (Å²) < 4.78 is 38.7. The molecule has 18 heavy (non-hydrogen) atoms. The summed E-state index contributed by atoms with van der Waals surface area (Å²) in [5.41, 5.74) is 0. The van der Waals surface area contributed by atoms with Gasteiger partial charge in [-0.1, -0.05) is 0 Å². The molecule has 2 N–H and O–H groups in total. The van der Waals surface area contributed by atoms with Crippen molar-refractivity contribution in [1.82, 2.24) is 10.0 Å². The Morgan fingerprint density at radius 2 is 2.00 bits per heavy atom. The second-order valence-electron chi connectivity index (χ2n) is 4.11. The fourth-order valence-corrected chi connectivity index (χ4v) is 2.82. The van der Waals surface area contributed by atoms with Gasteiger partial charge in [-0.15, -0.1) is 0 Å². The van der Waals surface area contributed by atoms with E-state index in [0.717, 1.165) is 12.1 Å². The van der Waals surface area contributed by atoms with Crippen LogP contribution in [-0.4, -0.2) is 26.9 Å². The molecule has 0 radical (unpaired) electrons. The van der Waals surface area contributed by atoms with Crippen LogP contribution in [0.4, 0.5) is 4.39 Å². The molecule has 1 atom stereocenters. The van der Waals surface area contributed by atoms with Crippen LogP contribution in [0.15, 0.2) is 29.2 Å². The van der Waals surface area contributed by atoms with Crippen molar-refractivity contribution in [3.8, 4) is 0 Å². The average Bonchev–Trinajstić information content (AvgIpc) is 2.73. The molecule has 1 fully saturated rings. The first-order chi connectivity index (χ1) is 8.47. The number of sulfonamides is 1. The van der Waals surface area contributed by atoms with Crippen LogP contribution in [0.3, 0.4) is 0 Å². The third kappa shape index (κ3) is 3.05. The van der Waals surface area contributed by atoms with Gasteiger partial charge in [-0.05, 0) is 30.7 Å². The van der Waals surface area contributed by atoms with E-state index >= 15 is 0 Å². The largest absolute Gasteiger partial charge is 0.352 e. The minimum absolute atomic E-state index is 0.00761. The van der Waals surface area contributed by atoms with Crippen molar-refractivity contribution in [2.75, 3.05) is 6.54 Å². The van der Waals surface area contributed by atoms with Crippen molar-refractivity contribution >= 4 is 15.9 Å². The van der Waals surface area contributed by atoms with Gasteiger partial charge in [-0.3, -0.25) is 4.79 Å². The smallest absolute Gasteiger partial charge is 0.240 e. The zero-order valence-corrected chi connectivity index (χ0v) is 10.3. The number of carbonyl (C=O) groups excluding carboxylic acids is 1. The van der Waals surface area contributed by atoms with E-state index in [0.29, 0.717) is 12.8 Å². The van der Waals surface area contributed by atoms with Crippen LogP contribution in [0.1, 0.15) is 12.8 Å². The second-order valence-corrected chi connectivity index (χ2v) is 5.88. The van der Waals surface area contributed by atoms with Crippen molar-refractivity contribution in [2.24, 2.45) is 0 Å². The number of benzene rings is 1. The molecule has 0 saturated carbocycles. The number of hydrogen-bond acceptors (Lipinski definition) is 3. The van der Waals surface area contributed by atoms with Crippen molar-refractivity contribution in [3.05, 3.63) is 30.1 Å². The van der Waals surface area contributed by atoms with Gasteiger partial charge in [0.15, 0.2) is 0 Å². The highest BCUT2D eigenvalue weighted by Gasteiger charge is 2.23. The summed E-state index contributed by atoms with van der Waals surface area (Å²) in [5, 5.41) is 2.66. The minimum Gasteiger partial charge on any atom is -0.352 e. The molecule has 0 aromatic heterocycles. The van der Waals surface area contributed by atoms with Gasteiger partial charge < -0.3 is 5.32 Å². The van der Waals surface area contributed by atoms with Crippen molar-refractivity contribution in [1.29, 1.82) is 0 Å². The average molecular weight is 272 g/mol. The van der Waals surface area contributed by atoms with Crippen LogP contribution < -0.4 is 10.0 Å². The van der Waals surface area contributed by atoms with E-state index in [1.807, 2.05) is 0 Å². The fraction of sp³-hybridized carbons (Fsp3) is 0.364. The number of amides is 1. The van der Waals surface area contributed by atoms with Crippen LogP contribution in [-0.2, 0) is 14.8 Å². The van der Waals surface area contributed by atoms with Crippen molar-refractivity contribution < 1.29 is 17.6 Å². The summed E-state index contributed by atoms with van der Waals surface area (Å²) in [6, 6.07) is 4.40. The Balaban J connectivity index is 1.99. The molecule has 1 aliphatic rings. The molecular formula is C11H13FN2O3S. The SMILES string of the molecule is O=C1CCC(CNS(=O)(=O)c2ccc(F)cc2)N1. The molecule has 1 aliphatic heterocycles. The highest BCUT2D eigenvalue weighted by molar-refractivity contribution is 7.89. The Hall–Kier alpha value is -1.47. The van der Waals surface area contributed by atoms with Crippen LogP contribution >= 0.6 is 0 Å². The van der Waals surface area contributed by atoms with Crippen molar-refractivity contribution in [3.63, 3.8) is 0 Å². The number of hydrogen-bond donors (Lipinski definition) is 2. The first-order valence-corrected chi connectivity index (χ1v) is 7.00. The van der Waals surface area contributed by atoms with Crippen LogP contribution in [0.2, 0.25) is 0 Å². The van der Waals surface area contributed by atoms with Gasteiger partial charge in [-0.2, -0.15) is 0 Å². The van der Waals surface area contributed by atoms with E-state index in [1.165, 1.54) is 12.1 Å². The van der Waals surface area contributed by atoms with E-state index in [1.54, 1.807) is 0 Å². The summed E-state index contributed by atoms with van der Waals surface area (Å²) in [4.78, 5) is 11.0. The second kappa shape index (κ2) is 5.03. The van der Waals surface area contributed by atoms with E-state index in [4.69, 9.17) is 0 Å². The molecule has 1 aromatic rings. The van der Waals surface area contributed by atoms with Gasteiger partial charge in [0.25, 0.3) is 0 Å². The Bertz CT molecular complexity index is 542. The lowest BCUT2D eigenvalue weighted by Crippen LogP contribution is -2.38. The third-order valence-corrected chi connectivity index (χ3v) is 4.17. The van der Waals surface area contributed by atoms with Crippen LogP contribution in [0.5, 0.6) is 0 Å². The van der Waals surface area contributed by atoms with Gasteiger partial charge in [-0.25, -0.2) is 17.5 Å². The maximum Gasteiger partial charge on any atom is 0.240 e. The van der Waals surface area contributed by atoms with Crippen LogP contribution in [0.25, 0.3) is 0 Å². The van der Waals surface area contributed by atoms with E-state index < -0.39 is 15.8 Å². The fourth-order valence-electron chi connectivity index (χ4n) is 1.74. The van der Waals surface area contributed by atoms with Gasteiger partial charge >= 0.3 is 0 Å². The first-order valence-electron chi connectivity index (χ1n) is 5.52. The first kappa shape index (κ1) is 13.0. The highest BCUT2D eigenvalue weighted by atomic mass is 32.2. The lowest BCUT2D eigenvalue weighted by molar-refractivity contribution is -0.119. The molecule has 1 saturated heterocycles. The lowest BCUT2D eigenvalue weighted by Gasteiger charge is -2.11. The zero-order chi connectivity index (χ0) is 13.2. The third-order valence-electron chi connectivity index (χ3n) is 2.73. The maximum absolute atomic E-state index is 12.7. The van der Waals surface area contributed by atoms with E-state index in [9.17, 15) is 17.6 Å². The van der Waals surface area contributed by atoms with E-state index in [-0.39, 0.29) is 23.4 Å². The topological polar surface area (TPSA) is 75.3 Å². The van der Waals surface area contributed by atoms with Gasteiger partial charge in [0.1, 0.15) is 5.82 Å².